The minimum Gasteiger partial charge on any atom is -0.324 e. The number of unbranched alkanes of at least 4 members (excludes halogenated alkanes) is 14. The fourth-order valence-electron chi connectivity index (χ4n) is 2.96. The van der Waals surface area contributed by atoms with E-state index in [0.717, 1.165) is 25.7 Å². The Hall–Kier alpha value is -0.420. The minimum atomic E-state index is -3.78. The Morgan fingerprint density at radius 1 is 0.640 bits per heavy atom. The molecule has 150 valence electrons. The van der Waals surface area contributed by atoms with Crippen LogP contribution in [0.4, 0.5) is 0 Å². The third kappa shape index (κ3) is 21.5. The molecular weight excluding hydrogens is 341 g/mol. The minimum absolute atomic E-state index is 0.0327. The Morgan fingerprint density at radius 3 is 1.28 bits per heavy atom. The van der Waals surface area contributed by atoms with Gasteiger partial charge in [-0.15, -0.1) is 0 Å². The molecule has 25 heavy (non-hydrogen) atoms. The number of hydroxylamine groups is 1. The Balaban J connectivity index is 3.07. The predicted molar refractivity (Wildman–Crippen MR) is 101 cm³/mol. The molecule has 0 aliphatic carbocycles. The van der Waals surface area contributed by atoms with Crippen LogP contribution in [0.15, 0.2) is 0 Å². The molecule has 7 heteroatoms. The number of hydrogen-bond donors (Lipinski definition) is 4. The number of hydrogen-bond acceptors (Lipinski definition) is 3. The molecule has 4 N–H and O–H groups in total. The molecule has 0 rings (SSSR count). The summed E-state index contributed by atoms with van der Waals surface area (Å²) in [4.78, 5) is 28.3. The third-order valence-corrected chi connectivity index (χ3v) is 5.38. The third-order valence-electron chi connectivity index (χ3n) is 4.48. The van der Waals surface area contributed by atoms with E-state index in [0.29, 0.717) is 12.8 Å². The van der Waals surface area contributed by atoms with Crippen molar-refractivity contribution in [2.24, 2.45) is 0 Å². The summed E-state index contributed by atoms with van der Waals surface area (Å²) in [5, 5.41) is 8.36. The number of amides is 1. The largest absolute Gasteiger partial charge is 0.325 e. The van der Waals surface area contributed by atoms with Gasteiger partial charge in [0.2, 0.25) is 5.91 Å². The highest BCUT2D eigenvalue weighted by Crippen LogP contribution is 2.35. The van der Waals surface area contributed by atoms with Gasteiger partial charge >= 0.3 is 7.60 Å². The normalized spacial score (nSPS) is 11.6. The van der Waals surface area contributed by atoms with Gasteiger partial charge in [0, 0.05) is 12.6 Å². The summed E-state index contributed by atoms with van der Waals surface area (Å²) >= 11 is 0. The maximum absolute atomic E-state index is 10.8. The zero-order chi connectivity index (χ0) is 18.8. The molecule has 0 aromatic carbocycles. The van der Waals surface area contributed by atoms with Gasteiger partial charge in [0.25, 0.3) is 0 Å². The van der Waals surface area contributed by atoms with E-state index in [2.05, 4.69) is 0 Å². The first-order valence-electron chi connectivity index (χ1n) is 9.93. The Kier molecular flexibility index (Phi) is 16.7. The second kappa shape index (κ2) is 17.0. The van der Waals surface area contributed by atoms with E-state index in [9.17, 15) is 9.36 Å². The Bertz CT molecular complexity index is 359. The van der Waals surface area contributed by atoms with E-state index < -0.39 is 7.60 Å². The second-order valence-electron chi connectivity index (χ2n) is 6.98. The monoisotopic (exact) mass is 379 g/mol. The van der Waals surface area contributed by atoms with Gasteiger partial charge in [0.05, 0.1) is 0 Å². The number of carbonyl (C=O) groups is 1. The molecule has 0 spiro atoms. The van der Waals surface area contributed by atoms with Gasteiger partial charge in [-0.1, -0.05) is 83.5 Å². The van der Waals surface area contributed by atoms with E-state index in [1.54, 1.807) is 5.48 Å². The molecule has 0 aliphatic heterocycles. The summed E-state index contributed by atoms with van der Waals surface area (Å²) in [5.74, 6) is -0.291. The molecule has 0 radical (unpaired) electrons. The second-order valence-corrected chi connectivity index (χ2v) is 8.75. The van der Waals surface area contributed by atoms with Crippen molar-refractivity contribution in [1.29, 1.82) is 0 Å². The average Bonchev–Trinajstić information content (AvgIpc) is 2.56. The molecule has 0 fully saturated rings. The maximum atomic E-state index is 10.8. The van der Waals surface area contributed by atoms with Crippen LogP contribution in [0.2, 0.25) is 0 Å². The molecule has 0 atom stereocenters. The number of nitrogens with one attached hydrogen (secondary N) is 1. The molecule has 0 aliphatic rings. The van der Waals surface area contributed by atoms with E-state index >= 15 is 0 Å². The van der Waals surface area contributed by atoms with Gasteiger partial charge in [0.1, 0.15) is 0 Å². The van der Waals surface area contributed by atoms with Gasteiger partial charge in [-0.05, 0) is 12.8 Å². The van der Waals surface area contributed by atoms with Crippen LogP contribution in [-0.4, -0.2) is 27.1 Å². The lowest BCUT2D eigenvalue weighted by molar-refractivity contribution is -0.129. The molecule has 0 aromatic heterocycles. The van der Waals surface area contributed by atoms with Crippen LogP contribution in [0.5, 0.6) is 0 Å². The van der Waals surface area contributed by atoms with Crippen LogP contribution in [0.25, 0.3) is 0 Å². The summed E-state index contributed by atoms with van der Waals surface area (Å²) in [7, 11) is -3.78. The maximum Gasteiger partial charge on any atom is 0.325 e. The van der Waals surface area contributed by atoms with Crippen molar-refractivity contribution in [3.63, 3.8) is 0 Å². The van der Waals surface area contributed by atoms with Crippen molar-refractivity contribution >= 4 is 13.5 Å². The smallest absolute Gasteiger partial charge is 0.324 e. The molecule has 0 saturated heterocycles. The highest BCUT2D eigenvalue weighted by molar-refractivity contribution is 7.51. The van der Waals surface area contributed by atoms with Crippen LogP contribution in [0.1, 0.15) is 103 Å². The first-order chi connectivity index (χ1) is 12.0. The average molecular weight is 379 g/mol. The lowest BCUT2D eigenvalue weighted by Crippen LogP contribution is -2.17. The standard InChI is InChI=1S/C18H38NO5P/c20-18(19-21)16-14-12-10-8-6-4-2-1-3-5-7-9-11-13-15-17-25(22,23)24/h21H,1-17H2,(H,19,20)(H2,22,23,24). The van der Waals surface area contributed by atoms with Crippen LogP contribution in [-0.2, 0) is 9.36 Å². The predicted octanol–water partition coefficient (Wildman–Crippen LogP) is 4.91. The van der Waals surface area contributed by atoms with Crippen molar-refractivity contribution in [3.8, 4) is 0 Å². The zero-order valence-corrected chi connectivity index (χ0v) is 16.5. The van der Waals surface area contributed by atoms with Crippen molar-refractivity contribution in [1.82, 2.24) is 5.48 Å². The van der Waals surface area contributed by atoms with Crippen molar-refractivity contribution in [2.45, 2.75) is 103 Å². The van der Waals surface area contributed by atoms with Crippen molar-refractivity contribution < 1.29 is 24.4 Å². The van der Waals surface area contributed by atoms with Crippen LogP contribution in [0.3, 0.4) is 0 Å². The highest BCUT2D eigenvalue weighted by Gasteiger charge is 2.10. The summed E-state index contributed by atoms with van der Waals surface area (Å²) in [5.41, 5.74) is 1.66. The fourth-order valence-corrected chi connectivity index (χ4v) is 3.59. The number of rotatable bonds is 18. The van der Waals surface area contributed by atoms with Gasteiger partial charge in [0.15, 0.2) is 0 Å². The van der Waals surface area contributed by atoms with Gasteiger partial charge < -0.3 is 9.79 Å². The fraction of sp³-hybridized carbons (Fsp3) is 0.944. The van der Waals surface area contributed by atoms with Gasteiger partial charge in [-0.25, -0.2) is 5.48 Å². The van der Waals surface area contributed by atoms with Crippen LogP contribution < -0.4 is 5.48 Å². The summed E-state index contributed by atoms with van der Waals surface area (Å²) < 4.78 is 10.7. The molecule has 0 aromatic rings. The highest BCUT2D eigenvalue weighted by atomic mass is 31.2. The molecule has 1 amide bonds. The lowest BCUT2D eigenvalue weighted by Gasteiger charge is -2.04. The van der Waals surface area contributed by atoms with E-state index in [1.807, 2.05) is 0 Å². The van der Waals surface area contributed by atoms with Gasteiger partial charge in [-0.2, -0.15) is 0 Å². The summed E-state index contributed by atoms with van der Waals surface area (Å²) in [6.45, 7) is 0. The van der Waals surface area contributed by atoms with Crippen molar-refractivity contribution in [2.75, 3.05) is 6.16 Å². The molecule has 0 heterocycles. The van der Waals surface area contributed by atoms with E-state index in [4.69, 9.17) is 15.0 Å². The van der Waals surface area contributed by atoms with Crippen molar-refractivity contribution in [3.05, 3.63) is 0 Å². The SMILES string of the molecule is O=C(CCCCCCCCCCCCCCCCCP(=O)(O)O)NO. The number of carbonyl (C=O) groups excluding carboxylic acids is 1. The molecule has 0 bridgehead atoms. The Labute approximate surface area is 152 Å². The first-order valence-corrected chi connectivity index (χ1v) is 11.7. The molecule has 0 saturated carbocycles. The van der Waals surface area contributed by atoms with Crippen LogP contribution in [0, 0.1) is 0 Å². The van der Waals surface area contributed by atoms with E-state index in [-0.39, 0.29) is 12.1 Å². The zero-order valence-electron chi connectivity index (χ0n) is 15.6. The summed E-state index contributed by atoms with van der Waals surface area (Å²) in [6.07, 6.45) is 17.5. The summed E-state index contributed by atoms with van der Waals surface area (Å²) in [6, 6.07) is 0. The Morgan fingerprint density at radius 2 is 0.960 bits per heavy atom. The molecular formula is C18H38NO5P. The van der Waals surface area contributed by atoms with Gasteiger partial charge in [-0.3, -0.25) is 14.6 Å². The molecule has 0 unspecified atom stereocenters. The van der Waals surface area contributed by atoms with E-state index in [1.165, 1.54) is 64.2 Å². The lowest BCUT2D eigenvalue weighted by atomic mass is 10.0. The van der Waals surface area contributed by atoms with Crippen LogP contribution >= 0.6 is 7.60 Å². The first kappa shape index (κ1) is 24.6. The molecule has 6 nitrogen and oxygen atoms in total. The topological polar surface area (TPSA) is 107 Å². The quantitative estimate of drug-likeness (QED) is 0.117.